The van der Waals surface area contributed by atoms with E-state index in [1.54, 1.807) is 12.1 Å². The second-order valence-electron chi connectivity index (χ2n) is 5.34. The van der Waals surface area contributed by atoms with Crippen LogP contribution in [0.15, 0.2) is 59.5 Å². The van der Waals surface area contributed by atoms with E-state index in [9.17, 15) is 13.5 Å². The van der Waals surface area contributed by atoms with Crippen LogP contribution in [0.5, 0.6) is 5.75 Å². The van der Waals surface area contributed by atoms with E-state index >= 15 is 0 Å². The number of fused-ring (bicyclic) bond motifs is 1. The minimum absolute atomic E-state index is 0.190. The third-order valence-corrected chi connectivity index (χ3v) is 5.09. The first-order valence-electron chi connectivity index (χ1n) is 7.05. The molecule has 0 spiro atoms. The Morgan fingerprint density at radius 3 is 2.54 bits per heavy atom. The lowest BCUT2D eigenvalue weighted by Gasteiger charge is -2.10. The van der Waals surface area contributed by atoms with Crippen molar-refractivity contribution in [1.29, 1.82) is 0 Å². The molecule has 0 aliphatic rings. The van der Waals surface area contributed by atoms with E-state index in [2.05, 4.69) is 34.0 Å². The van der Waals surface area contributed by atoms with Gasteiger partial charge in [0, 0.05) is 27.3 Å². The molecule has 0 aromatic heterocycles. The molecule has 0 radical (unpaired) electrons. The van der Waals surface area contributed by atoms with Crippen molar-refractivity contribution in [3.05, 3.63) is 63.7 Å². The van der Waals surface area contributed by atoms with Crippen LogP contribution in [-0.4, -0.2) is 18.1 Å². The van der Waals surface area contributed by atoms with E-state index in [1.165, 1.54) is 6.07 Å². The minimum Gasteiger partial charge on any atom is -0.507 e. The van der Waals surface area contributed by atoms with E-state index < -0.39 is 10.1 Å². The molecule has 0 atom stereocenters. The molecule has 0 amide bonds. The van der Waals surface area contributed by atoms with Gasteiger partial charge in [-0.2, -0.15) is 8.42 Å². The van der Waals surface area contributed by atoms with Crippen molar-refractivity contribution < 1.29 is 18.1 Å². The average Bonchev–Trinajstić information content (AvgIpc) is 2.52. The van der Waals surface area contributed by atoms with Crippen LogP contribution >= 0.6 is 22.6 Å². The molecule has 0 heterocycles. The summed E-state index contributed by atoms with van der Waals surface area (Å²) in [4.78, 5) is -0.331. The maximum absolute atomic E-state index is 11.3. The fourth-order valence-electron chi connectivity index (χ4n) is 2.43. The number of phenols is 1. The number of rotatable bonds is 4. The molecule has 0 aliphatic carbocycles. The third kappa shape index (κ3) is 3.80. The van der Waals surface area contributed by atoms with Gasteiger partial charge in [-0.1, -0.05) is 12.1 Å². The molecule has 3 aromatic carbocycles. The molecule has 3 rings (SSSR count). The molecule has 0 saturated carbocycles. The van der Waals surface area contributed by atoms with Crippen LogP contribution in [0.1, 0.15) is 5.56 Å². The zero-order valence-corrected chi connectivity index (χ0v) is 15.4. The predicted octanol–water partition coefficient (Wildman–Crippen LogP) is 4.01. The highest BCUT2D eigenvalue weighted by Gasteiger charge is 2.13. The molecule has 7 heteroatoms. The normalized spacial score (nSPS) is 11.6. The second-order valence-corrected chi connectivity index (χ2v) is 8.00. The van der Waals surface area contributed by atoms with Gasteiger partial charge in [0.15, 0.2) is 0 Å². The fraction of sp³-hybridized carbons (Fsp3) is 0.0588. The molecule has 0 fully saturated rings. The molecular weight excluding hydrogens is 441 g/mol. The molecule has 0 saturated heterocycles. The first kappa shape index (κ1) is 17.0. The van der Waals surface area contributed by atoms with E-state index in [1.807, 2.05) is 24.3 Å². The maximum atomic E-state index is 11.3. The Labute approximate surface area is 153 Å². The van der Waals surface area contributed by atoms with Crippen LogP contribution in [0.3, 0.4) is 0 Å². The van der Waals surface area contributed by atoms with Gasteiger partial charge in [0.1, 0.15) is 5.75 Å². The van der Waals surface area contributed by atoms with Crippen molar-refractivity contribution >= 4 is 49.2 Å². The van der Waals surface area contributed by atoms with Crippen LogP contribution in [0.4, 0.5) is 5.69 Å². The summed E-state index contributed by atoms with van der Waals surface area (Å²) in [6, 6.07) is 15.7. The molecule has 24 heavy (non-hydrogen) atoms. The van der Waals surface area contributed by atoms with Crippen molar-refractivity contribution in [1.82, 2.24) is 0 Å². The zero-order valence-electron chi connectivity index (χ0n) is 12.4. The number of benzene rings is 3. The smallest absolute Gasteiger partial charge is 0.294 e. The summed E-state index contributed by atoms with van der Waals surface area (Å²) in [5.41, 5.74) is 1.91. The van der Waals surface area contributed by atoms with Crippen molar-refractivity contribution in [2.24, 2.45) is 0 Å². The number of anilines is 1. The summed E-state index contributed by atoms with van der Waals surface area (Å²) in [5.74, 6) is -0.190. The van der Waals surface area contributed by atoms with Crippen molar-refractivity contribution in [2.75, 3.05) is 5.32 Å². The second kappa shape index (κ2) is 6.58. The SMILES string of the molecule is O=S(=O)(O)c1cc(O)c2ccc(NCc3cccc(I)c3)cc2c1. The van der Waals surface area contributed by atoms with Crippen LogP contribution in [0.25, 0.3) is 10.8 Å². The molecular formula is C17H14INO4S. The third-order valence-electron chi connectivity index (χ3n) is 3.59. The summed E-state index contributed by atoms with van der Waals surface area (Å²) < 4.78 is 32.9. The largest absolute Gasteiger partial charge is 0.507 e. The number of aromatic hydroxyl groups is 1. The van der Waals surface area contributed by atoms with Crippen LogP contribution < -0.4 is 5.32 Å². The Morgan fingerprint density at radius 2 is 1.83 bits per heavy atom. The molecule has 0 bridgehead atoms. The van der Waals surface area contributed by atoms with Crippen LogP contribution in [-0.2, 0) is 16.7 Å². The van der Waals surface area contributed by atoms with Gasteiger partial charge in [-0.15, -0.1) is 0 Å². The lowest BCUT2D eigenvalue weighted by molar-refractivity contribution is 0.471. The summed E-state index contributed by atoms with van der Waals surface area (Å²) in [5, 5.41) is 14.2. The minimum atomic E-state index is -4.37. The van der Waals surface area contributed by atoms with Crippen molar-refractivity contribution in [3.63, 3.8) is 0 Å². The Balaban J connectivity index is 1.92. The Kier molecular flexibility index (Phi) is 4.66. The van der Waals surface area contributed by atoms with Crippen LogP contribution in [0, 0.1) is 3.57 Å². The lowest BCUT2D eigenvalue weighted by Crippen LogP contribution is -2.00. The molecule has 3 N–H and O–H groups in total. The van der Waals surface area contributed by atoms with Crippen molar-refractivity contribution in [2.45, 2.75) is 11.4 Å². The summed E-state index contributed by atoms with van der Waals surface area (Å²) in [6.07, 6.45) is 0. The van der Waals surface area contributed by atoms with Gasteiger partial charge in [-0.05, 0) is 69.9 Å². The van der Waals surface area contributed by atoms with E-state index in [0.717, 1.165) is 20.9 Å². The number of phenolic OH excluding ortho intramolecular Hbond substituents is 1. The first-order chi connectivity index (χ1) is 11.3. The quantitative estimate of drug-likeness (QED) is 0.409. The van der Waals surface area contributed by atoms with Crippen LogP contribution in [0.2, 0.25) is 0 Å². The molecule has 0 unspecified atom stereocenters. The van der Waals surface area contributed by atoms with Gasteiger partial charge >= 0.3 is 0 Å². The number of hydrogen-bond donors (Lipinski definition) is 3. The van der Waals surface area contributed by atoms with E-state index in [0.29, 0.717) is 17.3 Å². The Bertz CT molecular complexity index is 1020. The average molecular weight is 455 g/mol. The van der Waals surface area contributed by atoms with E-state index in [-0.39, 0.29) is 10.6 Å². The highest BCUT2D eigenvalue weighted by Crippen LogP contribution is 2.30. The highest BCUT2D eigenvalue weighted by atomic mass is 127. The van der Waals surface area contributed by atoms with Crippen molar-refractivity contribution in [3.8, 4) is 5.75 Å². The van der Waals surface area contributed by atoms with Gasteiger partial charge in [-0.25, -0.2) is 0 Å². The number of nitrogens with one attached hydrogen (secondary N) is 1. The molecule has 3 aromatic rings. The number of halogens is 1. The van der Waals surface area contributed by atoms with Gasteiger partial charge in [0.25, 0.3) is 10.1 Å². The van der Waals surface area contributed by atoms with Gasteiger partial charge in [0.2, 0.25) is 0 Å². The topological polar surface area (TPSA) is 86.6 Å². The Morgan fingerprint density at radius 1 is 1.04 bits per heavy atom. The molecule has 0 aliphatic heterocycles. The van der Waals surface area contributed by atoms with E-state index in [4.69, 9.17) is 4.55 Å². The number of hydrogen-bond acceptors (Lipinski definition) is 4. The monoisotopic (exact) mass is 455 g/mol. The highest BCUT2D eigenvalue weighted by molar-refractivity contribution is 14.1. The molecule has 5 nitrogen and oxygen atoms in total. The summed E-state index contributed by atoms with van der Waals surface area (Å²) in [6.45, 7) is 0.617. The standard InChI is InChI=1S/C17H14INO4S/c18-13-3-1-2-11(6-13)10-19-14-4-5-16-12(7-14)8-15(9-17(16)20)24(21,22)23/h1-9,19-20H,10H2,(H,21,22,23). The fourth-order valence-corrected chi connectivity index (χ4v) is 3.58. The molecule has 124 valence electrons. The summed E-state index contributed by atoms with van der Waals surface area (Å²) >= 11 is 2.25. The maximum Gasteiger partial charge on any atom is 0.294 e. The van der Waals surface area contributed by atoms with Gasteiger partial charge in [-0.3, -0.25) is 4.55 Å². The van der Waals surface area contributed by atoms with Gasteiger partial charge in [0.05, 0.1) is 4.90 Å². The van der Waals surface area contributed by atoms with Gasteiger partial charge < -0.3 is 10.4 Å². The Hall–Kier alpha value is -1.84. The summed E-state index contributed by atoms with van der Waals surface area (Å²) in [7, 11) is -4.37. The first-order valence-corrected chi connectivity index (χ1v) is 9.57. The zero-order chi connectivity index (χ0) is 17.3. The lowest BCUT2D eigenvalue weighted by atomic mass is 10.1. The predicted molar refractivity (Wildman–Crippen MR) is 102 cm³/mol.